The first-order valence-electron chi connectivity index (χ1n) is 3.47. The highest BCUT2D eigenvalue weighted by molar-refractivity contribution is 7.11. The third-order valence-corrected chi connectivity index (χ3v) is 2.26. The van der Waals surface area contributed by atoms with E-state index in [1.165, 1.54) is 17.5 Å². The van der Waals surface area contributed by atoms with Gasteiger partial charge in [-0.2, -0.15) is 13.2 Å². The number of halogens is 3. The molecule has 0 bridgehead atoms. The molecule has 0 saturated heterocycles. The number of rotatable bonds is 2. The minimum atomic E-state index is -4.64. The second-order valence-corrected chi connectivity index (χ2v) is 3.32. The van der Waals surface area contributed by atoms with Gasteiger partial charge in [-0.05, 0) is 11.4 Å². The van der Waals surface area contributed by atoms with Crippen molar-refractivity contribution < 1.29 is 23.1 Å². The Morgan fingerprint density at radius 2 is 2.14 bits per heavy atom. The fraction of sp³-hybridized carbons (Fsp3) is 0.125. The van der Waals surface area contributed by atoms with Crippen molar-refractivity contribution in [1.82, 2.24) is 0 Å². The molecule has 0 unspecified atom stereocenters. The van der Waals surface area contributed by atoms with Gasteiger partial charge in [-0.3, -0.25) is 0 Å². The zero-order valence-electron chi connectivity index (χ0n) is 6.71. The molecule has 6 heteroatoms. The van der Waals surface area contributed by atoms with Crippen molar-refractivity contribution in [2.45, 2.75) is 6.18 Å². The Morgan fingerprint density at radius 1 is 1.50 bits per heavy atom. The summed E-state index contributed by atoms with van der Waals surface area (Å²) >= 11 is 0.848. The maximum atomic E-state index is 12.3. The Kier molecular flexibility index (Phi) is 2.95. The molecule has 1 aromatic heterocycles. The van der Waals surface area contributed by atoms with Crippen LogP contribution in [0.5, 0.6) is 0 Å². The molecule has 0 spiro atoms. The largest absolute Gasteiger partial charge is 0.478 e. The number of aliphatic carboxylic acids is 1. The van der Waals surface area contributed by atoms with Crippen molar-refractivity contribution in [3.8, 4) is 0 Å². The first-order valence-corrected chi connectivity index (χ1v) is 4.35. The summed E-state index contributed by atoms with van der Waals surface area (Å²) in [5.74, 6) is -1.61. The van der Waals surface area contributed by atoms with Gasteiger partial charge in [-0.15, -0.1) is 11.3 Å². The highest BCUT2D eigenvalue weighted by atomic mass is 32.1. The lowest BCUT2D eigenvalue weighted by Crippen LogP contribution is -2.11. The topological polar surface area (TPSA) is 37.3 Å². The van der Waals surface area contributed by atoms with E-state index in [2.05, 4.69) is 0 Å². The minimum Gasteiger partial charge on any atom is -0.478 e. The summed E-state index contributed by atoms with van der Waals surface area (Å²) in [7, 11) is 0. The minimum absolute atomic E-state index is 0.0973. The molecule has 2 nitrogen and oxygen atoms in total. The van der Waals surface area contributed by atoms with Gasteiger partial charge in [0, 0.05) is 11.0 Å². The smallest absolute Gasteiger partial charge is 0.418 e. The van der Waals surface area contributed by atoms with Crippen LogP contribution in [0.15, 0.2) is 23.6 Å². The molecule has 0 atom stereocenters. The molecule has 76 valence electrons. The molecule has 0 aliphatic heterocycles. The summed E-state index contributed by atoms with van der Waals surface area (Å²) in [4.78, 5) is 10.1. The Balaban J connectivity index is 3.14. The van der Waals surface area contributed by atoms with Crippen LogP contribution in [0.4, 0.5) is 13.2 Å². The molecule has 1 heterocycles. The molecule has 14 heavy (non-hydrogen) atoms. The van der Waals surface area contributed by atoms with Crippen LogP contribution < -0.4 is 0 Å². The lowest BCUT2D eigenvalue weighted by molar-refractivity contribution is -0.131. The zero-order chi connectivity index (χ0) is 10.8. The van der Waals surface area contributed by atoms with E-state index >= 15 is 0 Å². The third kappa shape index (κ3) is 2.59. The maximum Gasteiger partial charge on any atom is 0.418 e. The van der Waals surface area contributed by atoms with Gasteiger partial charge in [0.15, 0.2) is 0 Å². The molecule has 0 radical (unpaired) electrons. The third-order valence-electron chi connectivity index (χ3n) is 1.36. The van der Waals surface area contributed by atoms with E-state index in [0.717, 1.165) is 11.3 Å². The van der Waals surface area contributed by atoms with Gasteiger partial charge >= 0.3 is 12.1 Å². The molecule has 0 aliphatic carbocycles. The highest BCUT2D eigenvalue weighted by Crippen LogP contribution is 2.35. The van der Waals surface area contributed by atoms with Crippen molar-refractivity contribution in [3.63, 3.8) is 0 Å². The monoisotopic (exact) mass is 222 g/mol. The Labute approximate surface area is 81.3 Å². The van der Waals surface area contributed by atoms with Gasteiger partial charge in [0.1, 0.15) is 0 Å². The number of allylic oxidation sites excluding steroid dienone is 1. The highest BCUT2D eigenvalue weighted by Gasteiger charge is 2.35. The summed E-state index contributed by atoms with van der Waals surface area (Å²) in [6.45, 7) is 0. The number of carboxylic acids is 1. The van der Waals surface area contributed by atoms with Crippen LogP contribution in [0, 0.1) is 0 Å². The summed E-state index contributed by atoms with van der Waals surface area (Å²) in [6, 6.07) is 2.66. The quantitative estimate of drug-likeness (QED) is 0.781. The second-order valence-electron chi connectivity index (χ2n) is 2.37. The van der Waals surface area contributed by atoms with Crippen LogP contribution in [0.3, 0.4) is 0 Å². The van der Waals surface area contributed by atoms with E-state index in [-0.39, 0.29) is 11.0 Å². The molecular weight excluding hydrogens is 217 g/mol. The molecule has 1 aromatic rings. The van der Waals surface area contributed by atoms with Crippen LogP contribution >= 0.6 is 11.3 Å². The SMILES string of the molecule is O=C(O)/C=C(\c1cccs1)C(F)(F)F. The van der Waals surface area contributed by atoms with Gasteiger partial charge in [-0.1, -0.05) is 6.07 Å². The molecule has 0 fully saturated rings. The molecule has 1 N–H and O–H groups in total. The molecule has 0 saturated carbocycles. The first kappa shape index (κ1) is 10.8. The Morgan fingerprint density at radius 3 is 2.50 bits per heavy atom. The summed E-state index contributed by atoms with van der Waals surface area (Å²) in [5.41, 5.74) is -1.12. The van der Waals surface area contributed by atoms with Gasteiger partial charge in [0.05, 0.1) is 5.57 Å². The molecule has 0 aromatic carbocycles. The predicted molar refractivity (Wildman–Crippen MR) is 46.0 cm³/mol. The summed E-state index contributed by atoms with van der Waals surface area (Å²) < 4.78 is 37.0. The van der Waals surface area contributed by atoms with E-state index in [4.69, 9.17) is 5.11 Å². The summed E-state index contributed by atoms with van der Waals surface area (Å²) in [5, 5.41) is 9.73. The fourth-order valence-corrected chi connectivity index (χ4v) is 1.61. The van der Waals surface area contributed by atoms with Gasteiger partial charge in [0.25, 0.3) is 0 Å². The zero-order valence-corrected chi connectivity index (χ0v) is 7.52. The number of thiophene rings is 1. The maximum absolute atomic E-state index is 12.3. The van der Waals surface area contributed by atoms with Crippen LogP contribution in [-0.2, 0) is 4.79 Å². The van der Waals surface area contributed by atoms with E-state index in [1.807, 2.05) is 0 Å². The lowest BCUT2D eigenvalue weighted by Gasteiger charge is -2.08. The second kappa shape index (κ2) is 3.83. The van der Waals surface area contributed by atoms with Crippen molar-refractivity contribution in [2.75, 3.05) is 0 Å². The molecule has 1 rings (SSSR count). The van der Waals surface area contributed by atoms with E-state index < -0.39 is 17.7 Å². The number of carboxylic acid groups (broad SMARTS) is 1. The standard InChI is InChI=1S/C8H5F3O2S/c9-8(10,11)5(4-7(12)13)6-2-1-3-14-6/h1-4H,(H,12,13)/b5-4+. The number of hydrogen-bond acceptors (Lipinski definition) is 2. The molecular formula is C8H5F3O2S. The summed E-state index contributed by atoms with van der Waals surface area (Å²) in [6.07, 6.45) is -4.46. The van der Waals surface area contributed by atoms with E-state index in [1.54, 1.807) is 0 Å². The number of carbonyl (C=O) groups is 1. The van der Waals surface area contributed by atoms with E-state index in [9.17, 15) is 18.0 Å². The average Bonchev–Trinajstić information content (AvgIpc) is 2.49. The van der Waals surface area contributed by atoms with Crippen molar-refractivity contribution >= 4 is 22.9 Å². The molecule has 0 amide bonds. The Bertz CT molecular complexity index is 351. The first-order chi connectivity index (χ1) is 6.41. The normalized spacial score (nSPS) is 12.9. The van der Waals surface area contributed by atoms with Crippen molar-refractivity contribution in [3.05, 3.63) is 28.5 Å². The Hall–Kier alpha value is -1.30. The van der Waals surface area contributed by atoms with E-state index in [0.29, 0.717) is 0 Å². The van der Waals surface area contributed by atoms with Gasteiger partial charge in [0.2, 0.25) is 0 Å². The number of hydrogen-bond donors (Lipinski definition) is 1. The van der Waals surface area contributed by atoms with Crippen molar-refractivity contribution in [2.24, 2.45) is 0 Å². The number of alkyl halides is 3. The predicted octanol–water partition coefficient (Wildman–Crippen LogP) is 2.78. The average molecular weight is 222 g/mol. The lowest BCUT2D eigenvalue weighted by atomic mass is 10.2. The van der Waals surface area contributed by atoms with Gasteiger partial charge in [-0.25, -0.2) is 4.79 Å². The van der Waals surface area contributed by atoms with Gasteiger partial charge < -0.3 is 5.11 Å². The van der Waals surface area contributed by atoms with Crippen LogP contribution in [-0.4, -0.2) is 17.3 Å². The van der Waals surface area contributed by atoms with Crippen LogP contribution in [0.2, 0.25) is 0 Å². The van der Waals surface area contributed by atoms with Crippen LogP contribution in [0.25, 0.3) is 5.57 Å². The van der Waals surface area contributed by atoms with Crippen LogP contribution in [0.1, 0.15) is 4.88 Å². The van der Waals surface area contributed by atoms with Crippen molar-refractivity contribution in [1.29, 1.82) is 0 Å². The molecule has 0 aliphatic rings. The fourth-order valence-electron chi connectivity index (χ4n) is 0.848.